The molecule has 116 valence electrons. The molecule has 0 radical (unpaired) electrons. The zero-order valence-corrected chi connectivity index (χ0v) is 13.4. The molecule has 1 aliphatic carbocycles. The van der Waals surface area contributed by atoms with Gasteiger partial charge >= 0.3 is 0 Å². The van der Waals surface area contributed by atoms with Gasteiger partial charge in [0.15, 0.2) is 9.84 Å². The first-order valence-electron chi connectivity index (χ1n) is 7.36. The summed E-state index contributed by atoms with van der Waals surface area (Å²) in [4.78, 5) is 0.201. The summed E-state index contributed by atoms with van der Waals surface area (Å²) in [5.74, 6) is 0. The van der Waals surface area contributed by atoms with E-state index in [1.54, 1.807) is 6.07 Å². The molecule has 2 fully saturated rings. The van der Waals surface area contributed by atoms with Crippen molar-refractivity contribution in [3.05, 3.63) is 23.2 Å². The summed E-state index contributed by atoms with van der Waals surface area (Å²) in [6, 6.07) is 4.60. The minimum absolute atomic E-state index is 0.201. The van der Waals surface area contributed by atoms with Gasteiger partial charge in [-0.25, -0.2) is 8.42 Å². The van der Waals surface area contributed by atoms with Gasteiger partial charge in [0.1, 0.15) is 0 Å². The maximum atomic E-state index is 12.9. The SMILES string of the molecule is Nc1cc(Cl)ccc1S(=O)(=O)C1CCOC2(CCCC2)C1. The topological polar surface area (TPSA) is 69.4 Å². The van der Waals surface area contributed by atoms with E-state index in [4.69, 9.17) is 22.1 Å². The Labute approximate surface area is 130 Å². The second-order valence-corrected chi connectivity index (χ2v) is 8.71. The fraction of sp³-hybridized carbons (Fsp3) is 0.600. The molecule has 1 atom stereocenters. The summed E-state index contributed by atoms with van der Waals surface area (Å²) in [6.07, 6.45) is 5.29. The van der Waals surface area contributed by atoms with Crippen LogP contribution in [-0.2, 0) is 14.6 Å². The number of hydrogen-bond acceptors (Lipinski definition) is 4. The van der Waals surface area contributed by atoms with E-state index in [2.05, 4.69) is 0 Å². The van der Waals surface area contributed by atoms with Gasteiger partial charge in [-0.15, -0.1) is 0 Å². The van der Waals surface area contributed by atoms with Crippen molar-refractivity contribution in [2.75, 3.05) is 12.3 Å². The fourth-order valence-electron chi connectivity index (χ4n) is 3.57. The maximum Gasteiger partial charge on any atom is 0.183 e. The van der Waals surface area contributed by atoms with Crippen molar-refractivity contribution in [1.29, 1.82) is 0 Å². The van der Waals surface area contributed by atoms with Crippen LogP contribution in [0.25, 0.3) is 0 Å². The van der Waals surface area contributed by atoms with Crippen LogP contribution in [0, 0.1) is 0 Å². The molecular weight excluding hydrogens is 310 g/mol. The number of halogens is 1. The molecule has 1 spiro atoms. The lowest BCUT2D eigenvalue weighted by atomic mass is 9.92. The predicted octanol–water partition coefficient (Wildman–Crippen LogP) is 3.19. The molecule has 1 saturated carbocycles. The minimum Gasteiger partial charge on any atom is -0.398 e. The summed E-state index contributed by atoms with van der Waals surface area (Å²) >= 11 is 5.86. The summed E-state index contributed by atoms with van der Waals surface area (Å²) < 4.78 is 31.7. The highest BCUT2D eigenvalue weighted by atomic mass is 35.5. The Bertz CT molecular complexity index is 638. The molecule has 1 unspecified atom stereocenters. The van der Waals surface area contributed by atoms with Crippen molar-refractivity contribution in [3.63, 3.8) is 0 Å². The number of ether oxygens (including phenoxy) is 1. The molecule has 1 aliphatic heterocycles. The van der Waals surface area contributed by atoms with Crippen molar-refractivity contribution >= 4 is 27.1 Å². The Morgan fingerprint density at radius 3 is 2.67 bits per heavy atom. The predicted molar refractivity (Wildman–Crippen MR) is 83.2 cm³/mol. The Morgan fingerprint density at radius 1 is 1.29 bits per heavy atom. The average Bonchev–Trinajstić information content (AvgIpc) is 2.86. The van der Waals surface area contributed by atoms with Gasteiger partial charge in [-0.05, 0) is 43.9 Å². The Hall–Kier alpha value is -0.780. The summed E-state index contributed by atoms with van der Waals surface area (Å²) in [7, 11) is -3.44. The van der Waals surface area contributed by atoms with Gasteiger partial charge < -0.3 is 10.5 Å². The second-order valence-electron chi connectivity index (χ2n) is 6.08. The smallest absolute Gasteiger partial charge is 0.183 e. The molecule has 21 heavy (non-hydrogen) atoms. The lowest BCUT2D eigenvalue weighted by Crippen LogP contribution is -2.42. The number of benzene rings is 1. The van der Waals surface area contributed by atoms with Crippen LogP contribution in [0.15, 0.2) is 23.1 Å². The van der Waals surface area contributed by atoms with Gasteiger partial charge in [-0.3, -0.25) is 0 Å². The van der Waals surface area contributed by atoms with Crippen LogP contribution in [0.3, 0.4) is 0 Å². The second kappa shape index (κ2) is 5.45. The Balaban J connectivity index is 1.90. The third-order valence-electron chi connectivity index (χ3n) is 4.68. The molecule has 0 bridgehead atoms. The van der Waals surface area contributed by atoms with Crippen LogP contribution in [0.4, 0.5) is 5.69 Å². The number of rotatable bonds is 2. The molecule has 1 saturated heterocycles. The molecule has 4 nitrogen and oxygen atoms in total. The molecule has 1 aromatic carbocycles. The summed E-state index contributed by atoms with van der Waals surface area (Å²) in [5.41, 5.74) is 5.87. The van der Waals surface area contributed by atoms with E-state index in [-0.39, 0.29) is 16.2 Å². The van der Waals surface area contributed by atoms with E-state index in [9.17, 15) is 8.42 Å². The number of anilines is 1. The van der Waals surface area contributed by atoms with Gasteiger partial charge in [-0.1, -0.05) is 24.4 Å². The van der Waals surface area contributed by atoms with E-state index in [1.807, 2.05) is 0 Å². The minimum atomic E-state index is -3.44. The highest BCUT2D eigenvalue weighted by Gasteiger charge is 2.44. The van der Waals surface area contributed by atoms with Gasteiger partial charge in [0.2, 0.25) is 0 Å². The van der Waals surface area contributed by atoms with E-state index >= 15 is 0 Å². The van der Waals surface area contributed by atoms with Crippen molar-refractivity contribution in [3.8, 4) is 0 Å². The molecule has 1 aromatic rings. The monoisotopic (exact) mass is 329 g/mol. The van der Waals surface area contributed by atoms with Crippen molar-refractivity contribution in [2.24, 2.45) is 0 Å². The Kier molecular flexibility index (Phi) is 3.93. The zero-order valence-electron chi connectivity index (χ0n) is 11.8. The maximum absolute atomic E-state index is 12.9. The van der Waals surface area contributed by atoms with Gasteiger partial charge in [0.05, 0.1) is 21.4 Å². The zero-order chi connectivity index (χ0) is 15.1. The van der Waals surface area contributed by atoms with E-state index < -0.39 is 15.1 Å². The van der Waals surface area contributed by atoms with E-state index in [0.717, 1.165) is 25.7 Å². The molecule has 2 N–H and O–H groups in total. The van der Waals surface area contributed by atoms with Crippen LogP contribution < -0.4 is 5.73 Å². The van der Waals surface area contributed by atoms with Crippen molar-refractivity contribution in [2.45, 2.75) is 54.3 Å². The first kappa shape index (κ1) is 15.1. The molecule has 3 rings (SSSR count). The van der Waals surface area contributed by atoms with Gasteiger partial charge in [-0.2, -0.15) is 0 Å². The molecule has 0 aromatic heterocycles. The molecule has 2 aliphatic rings. The molecule has 1 heterocycles. The van der Waals surface area contributed by atoms with Crippen LogP contribution in [0.5, 0.6) is 0 Å². The highest BCUT2D eigenvalue weighted by Crippen LogP contribution is 2.43. The fourth-order valence-corrected chi connectivity index (χ4v) is 5.69. The van der Waals surface area contributed by atoms with E-state index in [1.165, 1.54) is 12.1 Å². The van der Waals surface area contributed by atoms with Crippen LogP contribution in [0.2, 0.25) is 5.02 Å². The number of hydrogen-bond donors (Lipinski definition) is 1. The molecular formula is C15H20ClNO3S. The number of sulfone groups is 1. The third kappa shape index (κ3) is 2.79. The quantitative estimate of drug-likeness (QED) is 0.846. The third-order valence-corrected chi connectivity index (χ3v) is 7.18. The lowest BCUT2D eigenvalue weighted by Gasteiger charge is -2.38. The lowest BCUT2D eigenvalue weighted by molar-refractivity contribution is -0.0713. The van der Waals surface area contributed by atoms with Crippen molar-refractivity contribution in [1.82, 2.24) is 0 Å². The van der Waals surface area contributed by atoms with Gasteiger partial charge in [0.25, 0.3) is 0 Å². The van der Waals surface area contributed by atoms with Gasteiger partial charge in [0, 0.05) is 11.6 Å². The largest absolute Gasteiger partial charge is 0.398 e. The van der Waals surface area contributed by atoms with Crippen molar-refractivity contribution < 1.29 is 13.2 Å². The highest BCUT2D eigenvalue weighted by molar-refractivity contribution is 7.92. The average molecular weight is 330 g/mol. The molecule has 6 heteroatoms. The summed E-state index contributed by atoms with van der Waals surface area (Å²) in [5, 5.41) is 0.0403. The first-order chi connectivity index (χ1) is 9.93. The number of nitrogen functional groups attached to an aromatic ring is 1. The van der Waals surface area contributed by atoms with Crippen LogP contribution >= 0.6 is 11.6 Å². The summed E-state index contributed by atoms with van der Waals surface area (Å²) in [6.45, 7) is 0.511. The standard InChI is InChI=1S/C15H20ClNO3S/c16-11-3-4-14(13(17)9-11)21(18,19)12-5-8-20-15(10-12)6-1-2-7-15/h3-4,9,12H,1-2,5-8,10,17H2. The van der Waals surface area contributed by atoms with Crippen LogP contribution in [0.1, 0.15) is 38.5 Å². The molecule has 0 amide bonds. The number of nitrogens with two attached hydrogens (primary N) is 1. The van der Waals surface area contributed by atoms with Crippen LogP contribution in [-0.4, -0.2) is 25.9 Å². The van der Waals surface area contributed by atoms with E-state index in [0.29, 0.717) is 24.5 Å². The normalized spacial score (nSPS) is 25.3. The Morgan fingerprint density at radius 2 is 2.00 bits per heavy atom. The first-order valence-corrected chi connectivity index (χ1v) is 9.28.